The van der Waals surface area contributed by atoms with Gasteiger partial charge >= 0.3 is 0 Å². The summed E-state index contributed by atoms with van der Waals surface area (Å²) in [5, 5.41) is 0. The van der Waals surface area contributed by atoms with Crippen molar-refractivity contribution in [2.24, 2.45) is 10.8 Å². The second-order valence-corrected chi connectivity index (χ2v) is 7.63. The molecule has 2 nitrogen and oxygen atoms in total. The molecule has 2 aliphatic heterocycles. The average Bonchev–Trinajstić information content (AvgIpc) is 2.57. The van der Waals surface area contributed by atoms with E-state index in [0.29, 0.717) is 9.81 Å². The molecule has 0 aromatic heterocycles. The predicted molar refractivity (Wildman–Crippen MR) is 69.5 cm³/mol. The molecular formula is C12H16O2S2. The highest BCUT2D eigenvalue weighted by atomic mass is 32.2. The summed E-state index contributed by atoms with van der Waals surface area (Å²) in [5.74, 6) is 1.87. The molecule has 0 bridgehead atoms. The number of thioether (sulfide) groups is 2. The van der Waals surface area contributed by atoms with Crippen LogP contribution in [0.3, 0.4) is 0 Å². The largest absolute Gasteiger partial charge is 0.293 e. The van der Waals surface area contributed by atoms with E-state index < -0.39 is 0 Å². The third kappa shape index (κ3) is 1.76. The van der Waals surface area contributed by atoms with Crippen LogP contribution in [-0.4, -0.2) is 23.1 Å². The number of carbonyl (C=O) groups excluding carboxylic acids is 2. The maximum absolute atomic E-state index is 12.1. The van der Waals surface area contributed by atoms with Crippen LogP contribution in [0.2, 0.25) is 0 Å². The number of hydrogen-bond donors (Lipinski definition) is 0. The molecule has 0 radical (unpaired) electrons. The van der Waals surface area contributed by atoms with Gasteiger partial charge in [-0.1, -0.05) is 27.7 Å². The lowest BCUT2D eigenvalue weighted by Crippen LogP contribution is -2.23. The van der Waals surface area contributed by atoms with Gasteiger partial charge < -0.3 is 0 Å². The molecule has 2 fully saturated rings. The Balaban J connectivity index is 2.40. The van der Waals surface area contributed by atoms with E-state index in [1.54, 1.807) is 23.5 Å². The van der Waals surface area contributed by atoms with Gasteiger partial charge in [0.25, 0.3) is 0 Å². The topological polar surface area (TPSA) is 34.1 Å². The zero-order valence-electron chi connectivity index (χ0n) is 10.0. The number of allylic oxidation sites excluding steroid dienone is 2. The smallest absolute Gasteiger partial charge is 0.176 e. The second-order valence-electron chi connectivity index (χ2n) is 5.66. The second kappa shape index (κ2) is 3.64. The Morgan fingerprint density at radius 3 is 1.31 bits per heavy atom. The molecule has 0 N–H and O–H groups in total. The van der Waals surface area contributed by atoms with Crippen molar-refractivity contribution < 1.29 is 9.59 Å². The third-order valence-corrected chi connectivity index (χ3v) is 6.22. The van der Waals surface area contributed by atoms with Crippen LogP contribution in [0.15, 0.2) is 9.81 Å². The molecule has 0 aromatic rings. The van der Waals surface area contributed by atoms with E-state index >= 15 is 0 Å². The average molecular weight is 256 g/mol. The van der Waals surface area contributed by atoms with E-state index in [0.717, 1.165) is 11.5 Å². The van der Waals surface area contributed by atoms with Crippen molar-refractivity contribution in [2.75, 3.05) is 11.5 Å². The van der Waals surface area contributed by atoms with Crippen LogP contribution in [0, 0.1) is 10.8 Å². The first-order chi connectivity index (χ1) is 7.26. The van der Waals surface area contributed by atoms with Crippen LogP contribution >= 0.6 is 23.5 Å². The lowest BCUT2D eigenvalue weighted by molar-refractivity contribution is -0.123. The third-order valence-electron chi connectivity index (χ3n) is 3.00. The molecule has 0 spiro atoms. The quantitative estimate of drug-likeness (QED) is 0.624. The number of Topliss-reactive ketones (excluding diaryl/α,β-unsaturated/α-hetero) is 2. The molecule has 0 amide bonds. The van der Waals surface area contributed by atoms with Crippen molar-refractivity contribution >= 4 is 35.1 Å². The molecule has 4 heteroatoms. The molecule has 2 aliphatic rings. The predicted octanol–water partition coefficient (Wildman–Crippen LogP) is 2.88. The molecule has 0 aromatic carbocycles. The van der Waals surface area contributed by atoms with Gasteiger partial charge in [0.15, 0.2) is 11.6 Å². The van der Waals surface area contributed by atoms with E-state index in [1.807, 2.05) is 27.7 Å². The van der Waals surface area contributed by atoms with Gasteiger partial charge in [0.2, 0.25) is 0 Å². The van der Waals surface area contributed by atoms with Crippen LogP contribution in [0.4, 0.5) is 0 Å². The number of carbonyl (C=O) groups is 2. The first-order valence-electron chi connectivity index (χ1n) is 5.35. The van der Waals surface area contributed by atoms with Crippen molar-refractivity contribution in [3.05, 3.63) is 9.81 Å². The molecule has 16 heavy (non-hydrogen) atoms. The van der Waals surface area contributed by atoms with Gasteiger partial charge in [-0.05, 0) is 0 Å². The maximum Gasteiger partial charge on any atom is 0.176 e. The molecular weight excluding hydrogens is 240 g/mol. The van der Waals surface area contributed by atoms with E-state index in [2.05, 4.69) is 0 Å². The highest BCUT2D eigenvalue weighted by molar-refractivity contribution is 8.08. The summed E-state index contributed by atoms with van der Waals surface area (Å²) in [6, 6.07) is 0. The Morgan fingerprint density at radius 2 is 1.12 bits per heavy atom. The Kier molecular flexibility index (Phi) is 2.78. The van der Waals surface area contributed by atoms with E-state index in [-0.39, 0.29) is 22.4 Å². The number of rotatable bonds is 0. The van der Waals surface area contributed by atoms with Crippen molar-refractivity contribution in [1.29, 1.82) is 0 Å². The number of ketones is 2. The monoisotopic (exact) mass is 256 g/mol. The van der Waals surface area contributed by atoms with Crippen LogP contribution in [-0.2, 0) is 9.59 Å². The van der Waals surface area contributed by atoms with Gasteiger partial charge in [-0.2, -0.15) is 0 Å². The first-order valence-corrected chi connectivity index (χ1v) is 7.32. The summed E-state index contributed by atoms with van der Waals surface area (Å²) in [7, 11) is 0. The van der Waals surface area contributed by atoms with Crippen molar-refractivity contribution in [2.45, 2.75) is 27.7 Å². The van der Waals surface area contributed by atoms with Crippen molar-refractivity contribution in [3.63, 3.8) is 0 Å². The van der Waals surface area contributed by atoms with Crippen LogP contribution in [0.5, 0.6) is 0 Å². The van der Waals surface area contributed by atoms with Gasteiger partial charge in [0.05, 0.1) is 9.81 Å². The van der Waals surface area contributed by atoms with Crippen molar-refractivity contribution in [3.8, 4) is 0 Å². The Hall–Kier alpha value is -0.220. The van der Waals surface area contributed by atoms with Gasteiger partial charge in [-0.3, -0.25) is 9.59 Å². The highest BCUT2D eigenvalue weighted by Gasteiger charge is 2.45. The van der Waals surface area contributed by atoms with Gasteiger partial charge in [-0.15, -0.1) is 23.5 Å². The normalized spacial score (nSPS) is 32.5. The summed E-state index contributed by atoms with van der Waals surface area (Å²) < 4.78 is 0. The highest BCUT2D eigenvalue weighted by Crippen LogP contribution is 2.49. The molecule has 2 saturated heterocycles. The summed E-state index contributed by atoms with van der Waals surface area (Å²) in [4.78, 5) is 25.7. The van der Waals surface area contributed by atoms with Crippen molar-refractivity contribution in [1.82, 2.24) is 0 Å². The molecule has 88 valence electrons. The summed E-state index contributed by atoms with van der Waals surface area (Å²) in [6.45, 7) is 7.80. The Bertz CT molecular complexity index is 367. The molecule has 2 rings (SSSR count). The zero-order valence-corrected chi connectivity index (χ0v) is 11.7. The van der Waals surface area contributed by atoms with Gasteiger partial charge in [0, 0.05) is 22.3 Å². The Labute approximate surface area is 105 Å². The molecule has 0 saturated carbocycles. The minimum absolute atomic E-state index is 0.144. The minimum Gasteiger partial charge on any atom is -0.293 e. The zero-order chi connectivity index (χ0) is 12.1. The first kappa shape index (κ1) is 12.2. The van der Waals surface area contributed by atoms with E-state index in [1.165, 1.54) is 0 Å². The summed E-state index contributed by atoms with van der Waals surface area (Å²) >= 11 is 3.10. The van der Waals surface area contributed by atoms with Crippen LogP contribution in [0.25, 0.3) is 0 Å². The van der Waals surface area contributed by atoms with E-state index in [9.17, 15) is 9.59 Å². The summed E-state index contributed by atoms with van der Waals surface area (Å²) in [5.41, 5.74) is -0.610. The van der Waals surface area contributed by atoms with Gasteiger partial charge in [-0.25, -0.2) is 0 Å². The van der Waals surface area contributed by atoms with E-state index in [4.69, 9.17) is 0 Å². The fraction of sp³-hybridized carbons (Fsp3) is 0.667. The summed E-state index contributed by atoms with van der Waals surface area (Å²) in [6.07, 6.45) is 0. The standard InChI is InChI=1S/C12H16O2S2/c1-11(2)5-15-7(9(11)13)8-10(14)12(3,4)6-16-8/h5-6H2,1-4H3/b8-7-. The molecule has 0 aliphatic carbocycles. The molecule has 0 atom stereocenters. The maximum atomic E-state index is 12.1. The fourth-order valence-corrected chi connectivity index (χ4v) is 4.61. The van der Waals surface area contributed by atoms with Gasteiger partial charge in [0.1, 0.15) is 0 Å². The molecule has 0 unspecified atom stereocenters. The Morgan fingerprint density at radius 1 is 0.812 bits per heavy atom. The van der Waals surface area contributed by atoms with Crippen LogP contribution in [0.1, 0.15) is 27.7 Å². The SMILES string of the molecule is CC1(C)CS/C(=C2\SCC(C)(C)C2=O)C1=O. The number of hydrogen-bond acceptors (Lipinski definition) is 4. The fourth-order valence-electron chi connectivity index (χ4n) is 1.72. The lowest BCUT2D eigenvalue weighted by atomic mass is 9.87. The lowest BCUT2D eigenvalue weighted by Gasteiger charge is -2.13. The molecule has 2 heterocycles. The van der Waals surface area contributed by atoms with Crippen LogP contribution < -0.4 is 0 Å². The minimum atomic E-state index is -0.305.